The minimum absolute atomic E-state index is 0.858. The van der Waals surface area contributed by atoms with Crippen molar-refractivity contribution in [3.8, 4) is 22.3 Å². The van der Waals surface area contributed by atoms with Crippen LogP contribution in [0.3, 0.4) is 0 Å². The average molecular weight is 444 g/mol. The molecule has 32 heavy (non-hydrogen) atoms. The summed E-state index contributed by atoms with van der Waals surface area (Å²) in [5, 5.41) is 2.63. The van der Waals surface area contributed by atoms with Gasteiger partial charge in [0.1, 0.15) is 0 Å². The topological polar surface area (TPSA) is 3.24 Å². The maximum atomic E-state index is 2.35. The molecule has 0 spiro atoms. The summed E-state index contributed by atoms with van der Waals surface area (Å²) in [5.41, 5.74) is 11.0. The summed E-state index contributed by atoms with van der Waals surface area (Å²) in [4.78, 5) is 0. The fourth-order valence-electron chi connectivity index (χ4n) is 5.03. The van der Waals surface area contributed by atoms with E-state index >= 15 is 0 Å². The van der Waals surface area contributed by atoms with Gasteiger partial charge in [-0.05, 0) is 0 Å². The van der Waals surface area contributed by atoms with Crippen molar-refractivity contribution in [1.82, 2.24) is 0 Å². The number of nitrogens with zero attached hydrogens (tertiary/aromatic N) is 1. The molecule has 0 bridgehead atoms. The normalized spacial score (nSPS) is 11.8. The van der Waals surface area contributed by atoms with Crippen LogP contribution < -0.4 is 3.38 Å². The number of benzene rings is 5. The Balaban J connectivity index is 1.53. The van der Waals surface area contributed by atoms with Gasteiger partial charge in [-0.15, -0.1) is 0 Å². The summed E-state index contributed by atoms with van der Waals surface area (Å²) in [6.45, 7) is 0.858. The van der Waals surface area contributed by atoms with Crippen LogP contribution in [0, 0.1) is 0 Å². The Hall–Kier alpha value is -3.13. The molecular formula is C30H22NTi. The summed E-state index contributed by atoms with van der Waals surface area (Å²) in [6.07, 6.45) is 1.00. The Morgan fingerprint density at radius 3 is 2.16 bits per heavy atom. The summed E-state index contributed by atoms with van der Waals surface area (Å²) in [6, 6.07) is 39.7. The van der Waals surface area contributed by atoms with Crippen LogP contribution in [-0.2, 0) is 33.7 Å². The molecule has 1 aliphatic rings. The molecule has 1 aliphatic carbocycles. The van der Waals surface area contributed by atoms with E-state index in [-0.39, 0.29) is 0 Å². The SMILES string of the molecule is [Ti][N](Cc1c(-c2cccc3c2Cc2ccccc2-3)ccc2ccccc12)c1ccccc1. The first kappa shape index (κ1) is 19.6. The molecule has 0 fully saturated rings. The molecule has 0 heterocycles. The minimum atomic E-state index is 0.858. The molecule has 0 saturated carbocycles. The first-order chi connectivity index (χ1) is 15.8. The van der Waals surface area contributed by atoms with Gasteiger partial charge < -0.3 is 0 Å². The molecule has 2 heteroatoms. The monoisotopic (exact) mass is 444 g/mol. The van der Waals surface area contributed by atoms with Crippen molar-refractivity contribution in [2.45, 2.75) is 13.0 Å². The molecule has 0 atom stereocenters. The van der Waals surface area contributed by atoms with Gasteiger partial charge in [-0.3, -0.25) is 0 Å². The van der Waals surface area contributed by atoms with E-state index in [1.54, 1.807) is 0 Å². The Morgan fingerprint density at radius 1 is 0.594 bits per heavy atom. The molecule has 0 unspecified atom stereocenters. The first-order valence-corrected chi connectivity index (χ1v) is 11.7. The van der Waals surface area contributed by atoms with Crippen LogP contribution in [0.15, 0.2) is 109 Å². The fourth-order valence-corrected chi connectivity index (χ4v) is 5.51. The van der Waals surface area contributed by atoms with Crippen LogP contribution in [0.1, 0.15) is 16.7 Å². The Bertz CT molecular complexity index is 1440. The number of anilines is 1. The van der Waals surface area contributed by atoms with Gasteiger partial charge in [-0.1, -0.05) is 0 Å². The standard InChI is InChI=1S/C30H22N.Ti/c1-2-11-23(12-3-1)31-20-30-24-13-6-4-9-21(24)17-18-28(30)27-16-8-15-26-25-14-7-5-10-22(25)19-29(26)27;/h1-18H,19-20H2;/q-1;+1. The van der Waals surface area contributed by atoms with Crippen molar-refractivity contribution >= 4 is 16.5 Å². The number of para-hydroxylation sites is 1. The van der Waals surface area contributed by atoms with Gasteiger partial charge in [0.2, 0.25) is 0 Å². The third kappa shape index (κ3) is 3.30. The van der Waals surface area contributed by atoms with Gasteiger partial charge in [-0.2, -0.15) is 0 Å². The molecule has 0 radical (unpaired) electrons. The predicted molar refractivity (Wildman–Crippen MR) is 130 cm³/mol. The van der Waals surface area contributed by atoms with Gasteiger partial charge in [-0.25, -0.2) is 0 Å². The Kier molecular flexibility index (Phi) is 4.94. The molecule has 0 amide bonds. The van der Waals surface area contributed by atoms with E-state index in [2.05, 4.69) is 133 Å². The quantitative estimate of drug-likeness (QED) is 0.254. The fraction of sp³-hybridized carbons (Fsp3) is 0.0667. The van der Waals surface area contributed by atoms with Gasteiger partial charge in [0.25, 0.3) is 0 Å². The van der Waals surface area contributed by atoms with Crippen LogP contribution in [0.2, 0.25) is 0 Å². The van der Waals surface area contributed by atoms with Gasteiger partial charge >= 0.3 is 202 Å². The molecule has 0 saturated heterocycles. The van der Waals surface area contributed by atoms with E-state index in [9.17, 15) is 0 Å². The summed E-state index contributed by atoms with van der Waals surface area (Å²) in [7, 11) is 0. The average Bonchev–Trinajstić information content (AvgIpc) is 3.24. The second-order valence-electron chi connectivity index (χ2n) is 8.40. The summed E-state index contributed by atoms with van der Waals surface area (Å²) >= 11 is 2.19. The molecule has 0 N–H and O–H groups in total. The van der Waals surface area contributed by atoms with Crippen LogP contribution >= 0.6 is 0 Å². The molecule has 5 aromatic carbocycles. The first-order valence-electron chi connectivity index (χ1n) is 11.0. The summed E-state index contributed by atoms with van der Waals surface area (Å²) in [5.74, 6) is 0. The van der Waals surface area contributed by atoms with E-state index in [4.69, 9.17) is 0 Å². The van der Waals surface area contributed by atoms with Crippen LogP contribution in [-0.4, -0.2) is 0 Å². The van der Waals surface area contributed by atoms with Crippen molar-refractivity contribution in [3.05, 3.63) is 126 Å². The van der Waals surface area contributed by atoms with E-state index in [1.807, 2.05) is 0 Å². The molecule has 5 aromatic rings. The number of hydrogen-bond donors (Lipinski definition) is 0. The van der Waals surface area contributed by atoms with Crippen LogP contribution in [0.25, 0.3) is 33.0 Å². The Labute approximate surface area is 201 Å². The second kappa shape index (κ2) is 8.09. The Morgan fingerprint density at radius 2 is 1.28 bits per heavy atom. The van der Waals surface area contributed by atoms with E-state index < -0.39 is 0 Å². The van der Waals surface area contributed by atoms with Crippen molar-refractivity contribution in [2.75, 3.05) is 3.38 Å². The zero-order valence-electron chi connectivity index (χ0n) is 17.8. The number of hydrogen-bond acceptors (Lipinski definition) is 1. The number of rotatable bonds is 4. The van der Waals surface area contributed by atoms with E-state index in [0.29, 0.717) is 0 Å². The number of fused-ring (bicyclic) bond motifs is 4. The second-order valence-corrected chi connectivity index (χ2v) is 9.24. The third-order valence-corrected chi connectivity index (χ3v) is 7.22. The third-order valence-electron chi connectivity index (χ3n) is 6.57. The zero-order chi connectivity index (χ0) is 21.5. The van der Waals surface area contributed by atoms with Crippen molar-refractivity contribution in [1.29, 1.82) is 0 Å². The molecule has 0 aliphatic heterocycles. The molecule has 0 aromatic heterocycles. The molecule has 1 nitrogen and oxygen atoms in total. The summed E-state index contributed by atoms with van der Waals surface area (Å²) < 4.78 is 2.35. The maximum absolute atomic E-state index is 2.35. The predicted octanol–water partition coefficient (Wildman–Crippen LogP) is 7.55. The van der Waals surface area contributed by atoms with Gasteiger partial charge in [0, 0.05) is 0 Å². The van der Waals surface area contributed by atoms with Gasteiger partial charge in [0.05, 0.1) is 0 Å². The molecule has 6 rings (SSSR count). The van der Waals surface area contributed by atoms with Crippen molar-refractivity contribution < 1.29 is 20.7 Å². The van der Waals surface area contributed by atoms with E-state index in [0.717, 1.165) is 13.0 Å². The van der Waals surface area contributed by atoms with E-state index in [1.165, 1.54) is 55.4 Å². The molecular weight excluding hydrogens is 422 g/mol. The van der Waals surface area contributed by atoms with Crippen LogP contribution in [0.4, 0.5) is 5.69 Å². The zero-order valence-corrected chi connectivity index (χ0v) is 19.3. The van der Waals surface area contributed by atoms with Gasteiger partial charge in [0.15, 0.2) is 0 Å². The van der Waals surface area contributed by atoms with Crippen LogP contribution in [0.5, 0.6) is 0 Å². The molecule has 151 valence electrons. The van der Waals surface area contributed by atoms with Crippen molar-refractivity contribution in [3.63, 3.8) is 0 Å². The van der Waals surface area contributed by atoms with Crippen molar-refractivity contribution in [2.24, 2.45) is 0 Å².